The molecule has 0 bridgehead atoms. The van der Waals surface area contributed by atoms with Crippen LogP contribution in [0.2, 0.25) is 0 Å². The minimum absolute atomic E-state index is 1.13. The first-order valence-electron chi connectivity index (χ1n) is 17.8. The average Bonchev–Trinajstić information content (AvgIpc) is 3.56. The molecular weight excluding hydrogens is 629 g/mol. The van der Waals surface area contributed by atoms with Crippen LogP contribution in [0.5, 0.6) is 0 Å². The van der Waals surface area contributed by atoms with Crippen LogP contribution in [0, 0.1) is 0 Å². The molecule has 0 aliphatic heterocycles. The highest BCUT2D eigenvalue weighted by molar-refractivity contribution is 6.06. The van der Waals surface area contributed by atoms with Crippen LogP contribution >= 0.6 is 0 Å². The number of aromatic nitrogens is 1. The molecule has 9 aromatic rings. The second kappa shape index (κ2) is 13.8. The minimum atomic E-state index is 1.13. The topological polar surface area (TPSA) is 8.17 Å². The van der Waals surface area contributed by atoms with Crippen molar-refractivity contribution in [2.45, 2.75) is 0 Å². The Balaban J connectivity index is 1.11. The van der Waals surface area contributed by atoms with E-state index in [1.165, 1.54) is 49.6 Å². The normalized spacial score (nSPS) is 11.4. The lowest BCUT2D eigenvalue weighted by Gasteiger charge is -2.25. The number of para-hydroxylation sites is 3. The maximum absolute atomic E-state index is 2.41. The van der Waals surface area contributed by atoms with Crippen LogP contribution < -0.4 is 4.90 Å². The Bertz CT molecular complexity index is 2600. The standard InChI is InChI=1S/C50H36N2/c1-6-16-39(17-7-1)49-47-35-38(29-33-48(47)52(45-24-14-5-15-25-45)50(49)40-18-8-2-9-19-40)27-26-37-28-30-42-36-46(32-31-41(42)34-37)51(43-20-10-3-11-21-43)44-22-12-4-13-23-44/h1-36H. The smallest absolute Gasteiger partial charge is 0.0619 e. The monoisotopic (exact) mass is 664 g/mol. The first-order chi connectivity index (χ1) is 25.8. The Kier molecular flexibility index (Phi) is 8.24. The van der Waals surface area contributed by atoms with E-state index in [0.717, 1.165) is 28.3 Å². The number of rotatable bonds is 8. The van der Waals surface area contributed by atoms with Crippen molar-refractivity contribution in [1.82, 2.24) is 4.57 Å². The van der Waals surface area contributed by atoms with E-state index >= 15 is 0 Å². The predicted octanol–water partition coefficient (Wildman–Crippen LogP) is 13.8. The molecule has 246 valence electrons. The van der Waals surface area contributed by atoms with E-state index in [1.54, 1.807) is 0 Å². The van der Waals surface area contributed by atoms with Gasteiger partial charge < -0.3 is 9.47 Å². The fraction of sp³-hybridized carbons (Fsp3) is 0. The van der Waals surface area contributed by atoms with Crippen LogP contribution in [-0.2, 0) is 0 Å². The highest BCUT2D eigenvalue weighted by Crippen LogP contribution is 2.43. The first kappa shape index (κ1) is 31.1. The molecule has 0 radical (unpaired) electrons. The van der Waals surface area contributed by atoms with Crippen molar-refractivity contribution in [3.8, 4) is 28.1 Å². The number of fused-ring (bicyclic) bond motifs is 2. The van der Waals surface area contributed by atoms with Gasteiger partial charge in [-0.15, -0.1) is 0 Å². The summed E-state index contributed by atoms with van der Waals surface area (Å²) in [5, 5.41) is 3.64. The highest BCUT2D eigenvalue weighted by Gasteiger charge is 2.21. The van der Waals surface area contributed by atoms with E-state index < -0.39 is 0 Å². The molecule has 0 fully saturated rings. The van der Waals surface area contributed by atoms with Gasteiger partial charge in [0.25, 0.3) is 0 Å². The van der Waals surface area contributed by atoms with Crippen molar-refractivity contribution in [1.29, 1.82) is 0 Å². The lowest BCUT2D eigenvalue weighted by Crippen LogP contribution is -2.09. The lowest BCUT2D eigenvalue weighted by molar-refractivity contribution is 1.13. The lowest BCUT2D eigenvalue weighted by atomic mass is 9.97. The highest BCUT2D eigenvalue weighted by atomic mass is 15.1. The van der Waals surface area contributed by atoms with E-state index in [4.69, 9.17) is 0 Å². The van der Waals surface area contributed by atoms with Crippen molar-refractivity contribution in [2.75, 3.05) is 4.90 Å². The predicted molar refractivity (Wildman–Crippen MR) is 222 cm³/mol. The number of nitrogens with zero attached hydrogens (tertiary/aromatic N) is 2. The SMILES string of the molecule is C(=Cc1ccc2c(c1)c(-c1ccccc1)c(-c1ccccc1)n2-c1ccccc1)c1ccc2cc(N(c3ccccc3)c3ccccc3)ccc2c1. The second-order valence-electron chi connectivity index (χ2n) is 13.0. The quantitative estimate of drug-likeness (QED) is 0.147. The first-order valence-corrected chi connectivity index (χ1v) is 17.8. The maximum Gasteiger partial charge on any atom is 0.0619 e. The zero-order valence-electron chi connectivity index (χ0n) is 28.7. The van der Waals surface area contributed by atoms with Crippen LogP contribution in [0.25, 0.3) is 61.9 Å². The molecular formula is C50H36N2. The Morgan fingerprint density at radius 2 is 0.885 bits per heavy atom. The fourth-order valence-corrected chi connectivity index (χ4v) is 7.31. The molecule has 0 aliphatic rings. The number of hydrogen-bond acceptors (Lipinski definition) is 1. The van der Waals surface area contributed by atoms with Crippen molar-refractivity contribution < 1.29 is 0 Å². The summed E-state index contributed by atoms with van der Waals surface area (Å²) in [6.07, 6.45) is 4.46. The van der Waals surface area contributed by atoms with Gasteiger partial charge in [-0.2, -0.15) is 0 Å². The number of anilines is 3. The summed E-state index contributed by atoms with van der Waals surface area (Å²) < 4.78 is 2.41. The molecule has 1 aromatic heterocycles. The largest absolute Gasteiger partial charge is 0.310 e. The van der Waals surface area contributed by atoms with E-state index in [-0.39, 0.29) is 0 Å². The molecule has 8 aromatic carbocycles. The van der Waals surface area contributed by atoms with Gasteiger partial charge in [-0.3, -0.25) is 0 Å². The zero-order chi connectivity index (χ0) is 34.7. The van der Waals surface area contributed by atoms with Gasteiger partial charge in [0.1, 0.15) is 0 Å². The van der Waals surface area contributed by atoms with Gasteiger partial charge in [0.15, 0.2) is 0 Å². The summed E-state index contributed by atoms with van der Waals surface area (Å²) in [7, 11) is 0. The molecule has 0 spiro atoms. The zero-order valence-corrected chi connectivity index (χ0v) is 28.7. The van der Waals surface area contributed by atoms with Gasteiger partial charge in [-0.1, -0.05) is 152 Å². The van der Waals surface area contributed by atoms with E-state index in [2.05, 4.69) is 228 Å². The molecule has 0 N–H and O–H groups in total. The van der Waals surface area contributed by atoms with Gasteiger partial charge in [-0.05, 0) is 99.8 Å². The third-order valence-corrected chi connectivity index (χ3v) is 9.72. The van der Waals surface area contributed by atoms with Gasteiger partial charge >= 0.3 is 0 Å². The summed E-state index contributed by atoms with van der Waals surface area (Å²) in [5.74, 6) is 0. The van der Waals surface area contributed by atoms with E-state index in [9.17, 15) is 0 Å². The van der Waals surface area contributed by atoms with Crippen LogP contribution in [0.4, 0.5) is 17.1 Å². The summed E-state index contributed by atoms with van der Waals surface area (Å²) in [6, 6.07) is 73.6. The molecule has 0 atom stereocenters. The molecule has 0 amide bonds. The Labute approximate surface area is 304 Å². The molecule has 2 heteroatoms. The third-order valence-electron chi connectivity index (χ3n) is 9.72. The van der Waals surface area contributed by atoms with Crippen LogP contribution in [0.3, 0.4) is 0 Å². The molecule has 0 saturated carbocycles. The average molecular weight is 665 g/mol. The van der Waals surface area contributed by atoms with Crippen molar-refractivity contribution in [2.24, 2.45) is 0 Å². The van der Waals surface area contributed by atoms with E-state index in [0.29, 0.717) is 0 Å². The van der Waals surface area contributed by atoms with Gasteiger partial charge in [0.2, 0.25) is 0 Å². The Morgan fingerprint density at radius 1 is 0.385 bits per heavy atom. The van der Waals surface area contributed by atoms with Gasteiger partial charge in [-0.25, -0.2) is 0 Å². The molecule has 52 heavy (non-hydrogen) atoms. The molecule has 1 heterocycles. The molecule has 2 nitrogen and oxygen atoms in total. The minimum Gasteiger partial charge on any atom is -0.310 e. The van der Waals surface area contributed by atoms with Gasteiger partial charge in [0.05, 0.1) is 11.2 Å². The summed E-state index contributed by atoms with van der Waals surface area (Å²) in [6.45, 7) is 0. The summed E-state index contributed by atoms with van der Waals surface area (Å²) in [5.41, 5.74) is 12.9. The van der Waals surface area contributed by atoms with Crippen molar-refractivity contribution in [3.63, 3.8) is 0 Å². The summed E-state index contributed by atoms with van der Waals surface area (Å²) in [4.78, 5) is 2.31. The van der Waals surface area contributed by atoms with Gasteiger partial charge in [0, 0.05) is 33.7 Å². The summed E-state index contributed by atoms with van der Waals surface area (Å²) >= 11 is 0. The fourth-order valence-electron chi connectivity index (χ4n) is 7.31. The van der Waals surface area contributed by atoms with E-state index in [1.807, 2.05) is 0 Å². The number of benzene rings is 8. The molecule has 0 unspecified atom stereocenters. The van der Waals surface area contributed by atoms with Crippen LogP contribution in [-0.4, -0.2) is 4.57 Å². The Morgan fingerprint density at radius 3 is 1.52 bits per heavy atom. The Hall–Kier alpha value is -6.90. The molecule has 0 aliphatic carbocycles. The van der Waals surface area contributed by atoms with Crippen LogP contribution in [0.1, 0.15) is 11.1 Å². The number of hydrogen-bond donors (Lipinski definition) is 0. The van der Waals surface area contributed by atoms with Crippen LogP contribution in [0.15, 0.2) is 206 Å². The second-order valence-corrected chi connectivity index (χ2v) is 13.0. The van der Waals surface area contributed by atoms with Crippen molar-refractivity contribution >= 4 is 50.9 Å². The third kappa shape index (κ3) is 5.97. The van der Waals surface area contributed by atoms with Crippen molar-refractivity contribution in [3.05, 3.63) is 217 Å². The molecule has 0 saturated heterocycles. The molecule has 9 rings (SSSR count). The maximum atomic E-state index is 2.41.